The number of carbonyl (C=O) groups is 1. The van der Waals surface area contributed by atoms with Crippen molar-refractivity contribution in [2.24, 2.45) is 0 Å². The van der Waals surface area contributed by atoms with E-state index in [9.17, 15) is 9.90 Å². The third-order valence-electron chi connectivity index (χ3n) is 3.45. The van der Waals surface area contributed by atoms with Crippen LogP contribution in [0.4, 0.5) is 5.69 Å². The molecule has 6 nitrogen and oxygen atoms in total. The van der Waals surface area contributed by atoms with Crippen LogP contribution in [0, 0.1) is 0 Å². The normalized spacial score (nSPS) is 11.9. The number of aliphatic hydroxyl groups excluding tert-OH is 1. The minimum absolute atomic E-state index is 0.00511. The highest BCUT2D eigenvalue weighted by Crippen LogP contribution is 2.19. The van der Waals surface area contributed by atoms with Crippen LogP contribution in [0.5, 0.6) is 0 Å². The lowest BCUT2D eigenvalue weighted by Gasteiger charge is -2.12. The number of carbonyl (C=O) groups excluding carboxylic acids is 1. The van der Waals surface area contributed by atoms with Gasteiger partial charge >= 0.3 is 0 Å². The molecule has 0 aliphatic rings. The van der Waals surface area contributed by atoms with E-state index in [0.29, 0.717) is 22.1 Å². The summed E-state index contributed by atoms with van der Waals surface area (Å²) in [6.07, 6.45) is 0.472. The lowest BCUT2D eigenvalue weighted by Crippen LogP contribution is -2.21. The summed E-state index contributed by atoms with van der Waals surface area (Å²) < 4.78 is 1.52. The number of halogens is 1. The number of rotatable bonds is 5. The number of amides is 1. The summed E-state index contributed by atoms with van der Waals surface area (Å²) in [5.74, 6) is 0.0612. The maximum absolute atomic E-state index is 12.2. The molecule has 1 atom stereocenters. The molecule has 0 aliphatic carbocycles. The lowest BCUT2D eigenvalue weighted by molar-refractivity contribution is -0.116. The van der Waals surface area contributed by atoms with E-state index in [2.05, 4.69) is 15.5 Å². The first-order valence-electron chi connectivity index (χ1n) is 7.29. The summed E-state index contributed by atoms with van der Waals surface area (Å²) in [5, 5.41) is 21.5. The molecule has 1 unspecified atom stereocenters. The molecule has 3 aromatic rings. The van der Waals surface area contributed by atoms with E-state index in [4.69, 9.17) is 11.6 Å². The maximum Gasteiger partial charge on any atom is 0.244 e. The number of nitrogens with zero attached hydrogens (tertiary/aromatic N) is 3. The Morgan fingerprint density at radius 3 is 2.58 bits per heavy atom. The second-order valence-corrected chi connectivity index (χ2v) is 5.62. The standard InChI is InChI=1S/C17H15ClN4O2/c18-13-6-8-14(9-7-13)20-15(23)10-22-11-19-21-17(22)16(24)12-4-2-1-3-5-12/h1-9,11,16,24H,10H2,(H,20,23). The first kappa shape index (κ1) is 16.2. The van der Waals surface area contributed by atoms with Crippen LogP contribution < -0.4 is 5.32 Å². The number of aliphatic hydroxyl groups is 1. The molecule has 2 aromatic carbocycles. The van der Waals surface area contributed by atoms with Crippen LogP contribution in [0.15, 0.2) is 60.9 Å². The van der Waals surface area contributed by atoms with Crippen LogP contribution >= 0.6 is 11.6 Å². The van der Waals surface area contributed by atoms with Gasteiger partial charge in [-0.3, -0.25) is 4.79 Å². The SMILES string of the molecule is O=C(Cn1cnnc1C(O)c1ccccc1)Nc1ccc(Cl)cc1. The van der Waals surface area contributed by atoms with E-state index < -0.39 is 6.10 Å². The minimum atomic E-state index is -0.947. The van der Waals surface area contributed by atoms with Gasteiger partial charge in [0.1, 0.15) is 19.0 Å². The molecular formula is C17H15ClN4O2. The highest BCUT2D eigenvalue weighted by atomic mass is 35.5. The molecule has 0 saturated heterocycles. The first-order chi connectivity index (χ1) is 11.6. The molecule has 3 rings (SSSR count). The van der Waals surface area contributed by atoms with Crippen LogP contribution in [0.1, 0.15) is 17.5 Å². The second-order valence-electron chi connectivity index (χ2n) is 5.19. The number of benzene rings is 2. The summed E-state index contributed by atoms with van der Waals surface area (Å²) in [5.41, 5.74) is 1.33. The number of aromatic nitrogens is 3. The number of anilines is 1. The van der Waals surface area contributed by atoms with Crippen molar-refractivity contribution in [1.82, 2.24) is 14.8 Å². The van der Waals surface area contributed by atoms with Gasteiger partial charge in [0.2, 0.25) is 5.91 Å². The fraction of sp³-hybridized carbons (Fsp3) is 0.118. The number of hydrogen-bond donors (Lipinski definition) is 2. The van der Waals surface area contributed by atoms with Gasteiger partial charge < -0.3 is 15.0 Å². The third-order valence-corrected chi connectivity index (χ3v) is 3.70. The van der Waals surface area contributed by atoms with Crippen molar-refractivity contribution in [1.29, 1.82) is 0 Å². The predicted molar refractivity (Wildman–Crippen MR) is 90.6 cm³/mol. The van der Waals surface area contributed by atoms with Crippen molar-refractivity contribution < 1.29 is 9.90 Å². The van der Waals surface area contributed by atoms with Crippen molar-refractivity contribution in [2.45, 2.75) is 12.6 Å². The van der Waals surface area contributed by atoms with Crippen LogP contribution in [-0.4, -0.2) is 25.8 Å². The second kappa shape index (κ2) is 7.25. The van der Waals surface area contributed by atoms with Gasteiger partial charge in [-0.15, -0.1) is 10.2 Å². The van der Waals surface area contributed by atoms with Crippen molar-refractivity contribution in [3.8, 4) is 0 Å². The van der Waals surface area contributed by atoms with Gasteiger partial charge in [-0.2, -0.15) is 0 Å². The highest BCUT2D eigenvalue weighted by Gasteiger charge is 2.18. The van der Waals surface area contributed by atoms with Gasteiger partial charge in [0.05, 0.1) is 0 Å². The fourth-order valence-electron chi connectivity index (χ4n) is 2.27. The maximum atomic E-state index is 12.2. The zero-order chi connectivity index (χ0) is 16.9. The van der Waals surface area contributed by atoms with Crippen molar-refractivity contribution >= 4 is 23.2 Å². The molecule has 1 amide bonds. The molecule has 1 aromatic heterocycles. The zero-order valence-corrected chi connectivity index (χ0v) is 13.4. The molecule has 0 saturated carbocycles. The van der Waals surface area contributed by atoms with Crippen LogP contribution in [0.25, 0.3) is 0 Å². The Hall–Kier alpha value is -2.70. The van der Waals surface area contributed by atoms with E-state index in [1.165, 1.54) is 10.9 Å². The van der Waals surface area contributed by atoms with Gasteiger partial charge in [0.25, 0.3) is 0 Å². The smallest absolute Gasteiger partial charge is 0.244 e. The first-order valence-corrected chi connectivity index (χ1v) is 7.67. The summed E-state index contributed by atoms with van der Waals surface area (Å²) in [6.45, 7) is -0.00511. The predicted octanol–water partition coefficient (Wildman–Crippen LogP) is 2.65. The molecule has 0 bridgehead atoms. The minimum Gasteiger partial charge on any atom is -0.380 e. The Bertz CT molecular complexity index is 818. The number of hydrogen-bond acceptors (Lipinski definition) is 4. The summed E-state index contributed by atoms with van der Waals surface area (Å²) in [4.78, 5) is 12.2. The largest absolute Gasteiger partial charge is 0.380 e. The van der Waals surface area contributed by atoms with Gasteiger partial charge in [0.15, 0.2) is 5.82 Å². The molecule has 122 valence electrons. The Morgan fingerprint density at radius 1 is 1.17 bits per heavy atom. The van der Waals surface area contributed by atoms with Crippen LogP contribution in [0.2, 0.25) is 5.02 Å². The van der Waals surface area contributed by atoms with E-state index in [1.54, 1.807) is 36.4 Å². The van der Waals surface area contributed by atoms with E-state index in [1.807, 2.05) is 18.2 Å². The van der Waals surface area contributed by atoms with E-state index >= 15 is 0 Å². The monoisotopic (exact) mass is 342 g/mol. The van der Waals surface area contributed by atoms with E-state index in [-0.39, 0.29) is 12.5 Å². The van der Waals surface area contributed by atoms with Crippen molar-refractivity contribution in [2.75, 3.05) is 5.32 Å². The molecule has 2 N–H and O–H groups in total. The van der Waals surface area contributed by atoms with Crippen molar-refractivity contribution in [3.05, 3.63) is 77.3 Å². The Morgan fingerprint density at radius 2 is 1.88 bits per heavy atom. The van der Waals surface area contributed by atoms with Crippen LogP contribution in [0.3, 0.4) is 0 Å². The van der Waals surface area contributed by atoms with Crippen LogP contribution in [-0.2, 0) is 11.3 Å². The molecule has 1 heterocycles. The number of nitrogens with one attached hydrogen (secondary N) is 1. The topological polar surface area (TPSA) is 80.0 Å². The van der Waals surface area contributed by atoms with Gasteiger partial charge in [-0.25, -0.2) is 0 Å². The molecule has 0 spiro atoms. The molecular weight excluding hydrogens is 328 g/mol. The molecule has 0 fully saturated rings. The Labute approximate surface area is 143 Å². The molecule has 24 heavy (non-hydrogen) atoms. The molecule has 0 aliphatic heterocycles. The lowest BCUT2D eigenvalue weighted by atomic mass is 10.1. The third kappa shape index (κ3) is 3.79. The van der Waals surface area contributed by atoms with E-state index in [0.717, 1.165) is 0 Å². The zero-order valence-electron chi connectivity index (χ0n) is 12.6. The Balaban J connectivity index is 1.71. The summed E-state index contributed by atoms with van der Waals surface area (Å²) in [7, 11) is 0. The summed E-state index contributed by atoms with van der Waals surface area (Å²) >= 11 is 5.82. The highest BCUT2D eigenvalue weighted by molar-refractivity contribution is 6.30. The fourth-order valence-corrected chi connectivity index (χ4v) is 2.40. The summed E-state index contributed by atoms with van der Waals surface area (Å²) in [6, 6.07) is 15.9. The molecule has 0 radical (unpaired) electrons. The Kier molecular flexibility index (Phi) is 4.88. The van der Waals surface area contributed by atoms with Gasteiger partial charge in [-0.05, 0) is 29.8 Å². The average molecular weight is 343 g/mol. The van der Waals surface area contributed by atoms with Gasteiger partial charge in [-0.1, -0.05) is 41.9 Å². The quantitative estimate of drug-likeness (QED) is 0.747. The molecule has 7 heteroatoms. The average Bonchev–Trinajstić information content (AvgIpc) is 3.05. The van der Waals surface area contributed by atoms with Crippen molar-refractivity contribution in [3.63, 3.8) is 0 Å². The van der Waals surface area contributed by atoms with Gasteiger partial charge in [0, 0.05) is 10.7 Å².